The Morgan fingerprint density at radius 1 is 1.31 bits per heavy atom. The third kappa shape index (κ3) is 2.49. The first-order valence-corrected chi connectivity index (χ1v) is 3.77. The molecule has 1 unspecified atom stereocenters. The molecule has 1 aromatic carbocycles. The van der Waals surface area contributed by atoms with Gasteiger partial charge in [-0.15, -0.1) is 0 Å². The van der Waals surface area contributed by atoms with Crippen LogP contribution >= 0.6 is 0 Å². The molecule has 0 aromatic heterocycles. The van der Waals surface area contributed by atoms with Gasteiger partial charge < -0.3 is 11.5 Å². The lowest BCUT2D eigenvalue weighted by atomic mass is 10.1. The second kappa shape index (κ2) is 4.12. The van der Waals surface area contributed by atoms with Crippen molar-refractivity contribution in [3.05, 3.63) is 35.9 Å². The van der Waals surface area contributed by atoms with E-state index in [0.717, 1.165) is 5.56 Å². The SMILES string of the molecule is N#CC(N=C(N)N)c1ccccc1. The first-order chi connectivity index (χ1) is 6.24. The molecule has 0 radical (unpaired) electrons. The van der Waals surface area contributed by atoms with Gasteiger partial charge in [0.25, 0.3) is 0 Å². The average Bonchev–Trinajstić information content (AvgIpc) is 2.15. The number of guanidine groups is 1. The van der Waals surface area contributed by atoms with Gasteiger partial charge >= 0.3 is 0 Å². The summed E-state index contributed by atoms with van der Waals surface area (Å²) in [5.74, 6) is -0.0737. The van der Waals surface area contributed by atoms with Crippen LogP contribution in [0.15, 0.2) is 35.3 Å². The summed E-state index contributed by atoms with van der Waals surface area (Å²) in [6, 6.07) is 10.5. The number of nitrogens with zero attached hydrogens (tertiary/aromatic N) is 2. The van der Waals surface area contributed by atoms with Crippen molar-refractivity contribution in [1.29, 1.82) is 5.26 Å². The zero-order valence-corrected chi connectivity index (χ0v) is 7.01. The van der Waals surface area contributed by atoms with Crippen LogP contribution in [0.5, 0.6) is 0 Å². The summed E-state index contributed by atoms with van der Waals surface area (Å²) >= 11 is 0. The number of rotatable bonds is 2. The maximum Gasteiger partial charge on any atom is 0.187 e. The fourth-order valence-electron chi connectivity index (χ4n) is 0.962. The minimum Gasteiger partial charge on any atom is -0.370 e. The summed E-state index contributed by atoms with van der Waals surface area (Å²) in [6.07, 6.45) is 0. The van der Waals surface area contributed by atoms with Crippen LogP contribution in [0.3, 0.4) is 0 Å². The molecule has 0 fully saturated rings. The quantitative estimate of drug-likeness (QED) is 0.506. The third-order valence-corrected chi connectivity index (χ3v) is 1.52. The van der Waals surface area contributed by atoms with E-state index in [1.165, 1.54) is 0 Å². The van der Waals surface area contributed by atoms with Gasteiger partial charge in [-0.05, 0) is 5.56 Å². The van der Waals surface area contributed by atoms with Crippen LogP contribution in [0.1, 0.15) is 11.6 Å². The number of hydrogen-bond acceptors (Lipinski definition) is 2. The zero-order chi connectivity index (χ0) is 9.68. The summed E-state index contributed by atoms with van der Waals surface area (Å²) in [7, 11) is 0. The number of aliphatic imine (C=N–C) groups is 1. The monoisotopic (exact) mass is 174 g/mol. The minimum atomic E-state index is -0.605. The van der Waals surface area contributed by atoms with E-state index in [-0.39, 0.29) is 5.96 Å². The maximum absolute atomic E-state index is 8.76. The van der Waals surface area contributed by atoms with E-state index in [1.54, 1.807) is 12.1 Å². The molecule has 4 N–H and O–H groups in total. The Kier molecular flexibility index (Phi) is 2.87. The minimum absolute atomic E-state index is 0.0737. The molecule has 0 amide bonds. The largest absolute Gasteiger partial charge is 0.370 e. The van der Waals surface area contributed by atoms with Crippen LogP contribution in [0.2, 0.25) is 0 Å². The predicted octanol–water partition coefficient (Wildman–Crippen LogP) is 0.525. The van der Waals surface area contributed by atoms with E-state index in [1.807, 2.05) is 24.3 Å². The number of hydrogen-bond donors (Lipinski definition) is 2. The topological polar surface area (TPSA) is 88.2 Å². The van der Waals surface area contributed by atoms with Crippen molar-refractivity contribution in [1.82, 2.24) is 0 Å². The molecule has 1 aromatic rings. The van der Waals surface area contributed by atoms with Crippen LogP contribution in [0, 0.1) is 11.3 Å². The molecule has 4 nitrogen and oxygen atoms in total. The molecular formula is C9H10N4. The van der Waals surface area contributed by atoms with Crippen molar-refractivity contribution in [3.63, 3.8) is 0 Å². The molecule has 1 rings (SSSR count). The molecule has 4 heteroatoms. The fraction of sp³-hybridized carbons (Fsp3) is 0.111. The highest BCUT2D eigenvalue weighted by atomic mass is 15.0. The molecule has 0 heterocycles. The molecular weight excluding hydrogens is 164 g/mol. The van der Waals surface area contributed by atoms with Gasteiger partial charge in [0, 0.05) is 0 Å². The Bertz CT molecular complexity index is 332. The van der Waals surface area contributed by atoms with Crippen molar-refractivity contribution >= 4 is 5.96 Å². The van der Waals surface area contributed by atoms with Crippen molar-refractivity contribution in [2.75, 3.05) is 0 Å². The summed E-state index contributed by atoms with van der Waals surface area (Å²) in [4.78, 5) is 3.78. The first-order valence-electron chi connectivity index (χ1n) is 3.77. The second-order valence-electron chi connectivity index (χ2n) is 2.50. The summed E-state index contributed by atoms with van der Waals surface area (Å²) in [5, 5.41) is 8.76. The first kappa shape index (κ1) is 9.07. The van der Waals surface area contributed by atoms with E-state index in [0.29, 0.717) is 0 Å². The highest BCUT2D eigenvalue weighted by molar-refractivity contribution is 5.76. The standard InChI is InChI=1S/C9H10N4/c10-6-8(13-9(11)12)7-4-2-1-3-5-7/h1-5,8H,(H4,11,12,13). The zero-order valence-electron chi connectivity index (χ0n) is 7.01. The summed E-state index contributed by atoms with van der Waals surface area (Å²) in [6.45, 7) is 0. The fourth-order valence-corrected chi connectivity index (χ4v) is 0.962. The van der Waals surface area contributed by atoms with Crippen molar-refractivity contribution in [2.24, 2.45) is 16.5 Å². The maximum atomic E-state index is 8.76. The van der Waals surface area contributed by atoms with E-state index < -0.39 is 6.04 Å². The van der Waals surface area contributed by atoms with Crippen LogP contribution in [-0.2, 0) is 0 Å². The molecule has 0 bridgehead atoms. The summed E-state index contributed by atoms with van der Waals surface area (Å²) < 4.78 is 0. The lowest BCUT2D eigenvalue weighted by molar-refractivity contribution is 0.919. The van der Waals surface area contributed by atoms with E-state index in [9.17, 15) is 0 Å². The third-order valence-electron chi connectivity index (χ3n) is 1.52. The highest BCUT2D eigenvalue weighted by Crippen LogP contribution is 2.14. The van der Waals surface area contributed by atoms with E-state index in [4.69, 9.17) is 16.7 Å². The van der Waals surface area contributed by atoms with Crippen molar-refractivity contribution < 1.29 is 0 Å². The van der Waals surface area contributed by atoms with Crippen LogP contribution in [0.25, 0.3) is 0 Å². The molecule has 13 heavy (non-hydrogen) atoms. The molecule has 0 saturated carbocycles. The number of nitriles is 1. The number of benzene rings is 1. The molecule has 0 aliphatic carbocycles. The van der Waals surface area contributed by atoms with Crippen molar-refractivity contribution in [2.45, 2.75) is 6.04 Å². The van der Waals surface area contributed by atoms with Gasteiger partial charge in [-0.2, -0.15) is 5.26 Å². The average molecular weight is 174 g/mol. The Labute approximate surface area is 76.5 Å². The van der Waals surface area contributed by atoms with Gasteiger partial charge in [-0.3, -0.25) is 0 Å². The molecule has 0 saturated heterocycles. The Morgan fingerprint density at radius 2 is 1.92 bits per heavy atom. The normalized spacial score (nSPS) is 11.3. The highest BCUT2D eigenvalue weighted by Gasteiger charge is 2.06. The molecule has 1 atom stereocenters. The van der Waals surface area contributed by atoms with E-state index >= 15 is 0 Å². The second-order valence-corrected chi connectivity index (χ2v) is 2.50. The molecule has 0 spiro atoms. The van der Waals surface area contributed by atoms with Gasteiger partial charge in [-0.25, -0.2) is 4.99 Å². The van der Waals surface area contributed by atoms with Crippen LogP contribution in [-0.4, -0.2) is 5.96 Å². The van der Waals surface area contributed by atoms with Gasteiger partial charge in [0.05, 0.1) is 6.07 Å². The summed E-state index contributed by atoms with van der Waals surface area (Å²) in [5.41, 5.74) is 11.2. The van der Waals surface area contributed by atoms with Crippen LogP contribution in [0.4, 0.5) is 0 Å². The smallest absolute Gasteiger partial charge is 0.187 e. The van der Waals surface area contributed by atoms with Gasteiger partial charge in [0.15, 0.2) is 12.0 Å². The van der Waals surface area contributed by atoms with Crippen LogP contribution < -0.4 is 11.5 Å². The van der Waals surface area contributed by atoms with Crippen molar-refractivity contribution in [3.8, 4) is 6.07 Å². The molecule has 0 aliphatic rings. The Morgan fingerprint density at radius 3 is 2.38 bits per heavy atom. The predicted molar refractivity (Wildman–Crippen MR) is 50.6 cm³/mol. The van der Waals surface area contributed by atoms with Gasteiger partial charge in [0.2, 0.25) is 0 Å². The van der Waals surface area contributed by atoms with E-state index in [2.05, 4.69) is 4.99 Å². The molecule has 66 valence electrons. The molecule has 0 aliphatic heterocycles. The van der Waals surface area contributed by atoms with Gasteiger partial charge in [-0.1, -0.05) is 30.3 Å². The lowest BCUT2D eigenvalue weighted by Gasteiger charge is -2.03. The van der Waals surface area contributed by atoms with Gasteiger partial charge in [0.1, 0.15) is 0 Å². The Balaban J connectivity index is 2.94. The number of nitrogens with two attached hydrogens (primary N) is 2. The Hall–Kier alpha value is -2.02. The lowest BCUT2D eigenvalue weighted by Crippen LogP contribution is -2.23.